The summed E-state index contributed by atoms with van der Waals surface area (Å²) < 4.78 is 10.5. The highest BCUT2D eigenvalue weighted by Gasteiger charge is 2.24. The lowest BCUT2D eigenvalue weighted by Gasteiger charge is -2.32. The van der Waals surface area contributed by atoms with Gasteiger partial charge in [-0.1, -0.05) is 24.3 Å². The first-order chi connectivity index (χ1) is 14.7. The van der Waals surface area contributed by atoms with Gasteiger partial charge in [0.1, 0.15) is 0 Å². The van der Waals surface area contributed by atoms with Gasteiger partial charge < -0.3 is 25.0 Å². The number of rotatable bonds is 6. The molecule has 0 unspecified atom stereocenters. The Hall–Kier alpha value is -2.32. The largest absolute Gasteiger partial charge is 0.450 e. The zero-order valence-electron chi connectivity index (χ0n) is 18.2. The highest BCUT2D eigenvalue weighted by molar-refractivity contribution is 5.80. The second-order valence-electron chi connectivity index (χ2n) is 7.74. The number of likely N-dealkylation sites (tertiary alicyclic amines) is 1. The third-order valence-electron chi connectivity index (χ3n) is 5.55. The summed E-state index contributed by atoms with van der Waals surface area (Å²) in [5, 5.41) is 6.90. The van der Waals surface area contributed by atoms with Crippen LogP contribution in [0.5, 0.6) is 0 Å². The zero-order chi connectivity index (χ0) is 21.2. The van der Waals surface area contributed by atoms with Crippen molar-refractivity contribution in [2.75, 3.05) is 53.0 Å². The van der Waals surface area contributed by atoms with Crippen molar-refractivity contribution in [3.05, 3.63) is 35.4 Å². The fraction of sp³-hybridized carbons (Fsp3) is 0.636. The second kappa shape index (κ2) is 11.8. The maximum Gasteiger partial charge on any atom is 0.409 e. The van der Waals surface area contributed by atoms with Crippen molar-refractivity contribution in [2.24, 2.45) is 4.99 Å². The molecule has 30 heavy (non-hydrogen) atoms. The van der Waals surface area contributed by atoms with E-state index < -0.39 is 0 Å². The molecular weight excluding hydrogens is 382 g/mol. The molecule has 1 amide bonds. The number of carbonyl (C=O) groups excluding carboxylic acids is 1. The van der Waals surface area contributed by atoms with Gasteiger partial charge in [0, 0.05) is 52.4 Å². The Morgan fingerprint density at radius 1 is 1.20 bits per heavy atom. The Morgan fingerprint density at radius 3 is 2.63 bits per heavy atom. The van der Waals surface area contributed by atoms with Gasteiger partial charge in [-0.25, -0.2) is 4.79 Å². The van der Waals surface area contributed by atoms with Crippen LogP contribution in [0.3, 0.4) is 0 Å². The van der Waals surface area contributed by atoms with Crippen molar-refractivity contribution >= 4 is 12.1 Å². The quantitative estimate of drug-likeness (QED) is 0.543. The number of hydrogen-bond donors (Lipinski definition) is 2. The molecule has 2 N–H and O–H groups in total. The summed E-state index contributed by atoms with van der Waals surface area (Å²) in [6, 6.07) is 9.00. The molecule has 166 valence electrons. The molecule has 8 heteroatoms. The number of guanidine groups is 1. The number of aliphatic imine (C=N–C) groups is 1. The van der Waals surface area contributed by atoms with Gasteiger partial charge in [0.05, 0.1) is 19.8 Å². The SMILES string of the molecule is CCOC(=O)N1CCC(NC(=NC)NCc2cccc(CN3CCOCC3)c2)CC1. The number of benzene rings is 1. The second-order valence-corrected chi connectivity index (χ2v) is 7.74. The number of morpholine rings is 1. The highest BCUT2D eigenvalue weighted by Crippen LogP contribution is 2.12. The van der Waals surface area contributed by atoms with Gasteiger partial charge in [-0.2, -0.15) is 0 Å². The molecule has 0 aromatic heterocycles. The van der Waals surface area contributed by atoms with E-state index in [-0.39, 0.29) is 6.09 Å². The lowest BCUT2D eigenvalue weighted by atomic mass is 10.1. The van der Waals surface area contributed by atoms with Crippen molar-refractivity contribution in [3.63, 3.8) is 0 Å². The van der Waals surface area contributed by atoms with Gasteiger partial charge in [-0.15, -0.1) is 0 Å². The van der Waals surface area contributed by atoms with Crippen molar-refractivity contribution < 1.29 is 14.3 Å². The number of nitrogens with one attached hydrogen (secondary N) is 2. The van der Waals surface area contributed by atoms with Crippen LogP contribution in [0.25, 0.3) is 0 Å². The van der Waals surface area contributed by atoms with Crippen LogP contribution in [0.4, 0.5) is 4.79 Å². The van der Waals surface area contributed by atoms with Crippen molar-refractivity contribution in [1.82, 2.24) is 20.4 Å². The normalized spacial score (nSPS) is 18.9. The molecule has 0 saturated carbocycles. The van der Waals surface area contributed by atoms with Gasteiger partial charge in [0.2, 0.25) is 0 Å². The smallest absolute Gasteiger partial charge is 0.409 e. The minimum absolute atomic E-state index is 0.213. The summed E-state index contributed by atoms with van der Waals surface area (Å²) >= 11 is 0. The maximum absolute atomic E-state index is 11.8. The topological polar surface area (TPSA) is 78.4 Å². The molecule has 0 atom stereocenters. The number of carbonyl (C=O) groups is 1. The minimum Gasteiger partial charge on any atom is -0.450 e. The monoisotopic (exact) mass is 417 g/mol. The fourth-order valence-electron chi connectivity index (χ4n) is 3.85. The molecule has 1 aromatic carbocycles. The van der Waals surface area contributed by atoms with Crippen LogP contribution in [0, 0.1) is 0 Å². The molecule has 8 nitrogen and oxygen atoms in total. The van der Waals surface area contributed by atoms with E-state index in [1.165, 1.54) is 11.1 Å². The lowest BCUT2D eigenvalue weighted by molar-refractivity contribution is 0.0342. The predicted molar refractivity (Wildman–Crippen MR) is 117 cm³/mol. The first-order valence-corrected chi connectivity index (χ1v) is 10.9. The van der Waals surface area contributed by atoms with Gasteiger partial charge in [0.25, 0.3) is 0 Å². The number of amides is 1. The summed E-state index contributed by atoms with van der Waals surface area (Å²) in [7, 11) is 1.79. The Labute approximate surface area is 179 Å². The van der Waals surface area contributed by atoms with Crippen molar-refractivity contribution in [1.29, 1.82) is 0 Å². The average molecular weight is 418 g/mol. The van der Waals surface area contributed by atoms with E-state index in [1.54, 1.807) is 11.9 Å². The molecule has 3 rings (SSSR count). The van der Waals surface area contributed by atoms with Gasteiger partial charge in [-0.05, 0) is 30.9 Å². The predicted octanol–water partition coefficient (Wildman–Crippen LogP) is 1.80. The standard InChI is InChI=1S/C22H35N5O3/c1-3-30-22(28)27-9-7-20(8-10-27)25-21(23-2)24-16-18-5-4-6-19(15-18)17-26-11-13-29-14-12-26/h4-6,15,20H,3,7-14,16-17H2,1-2H3,(H2,23,24,25). The maximum atomic E-state index is 11.8. The fourth-order valence-corrected chi connectivity index (χ4v) is 3.85. The summed E-state index contributed by atoms with van der Waals surface area (Å²) in [5.74, 6) is 0.795. The molecule has 2 heterocycles. The van der Waals surface area contributed by atoms with Gasteiger partial charge >= 0.3 is 6.09 Å². The molecule has 0 radical (unpaired) electrons. The zero-order valence-corrected chi connectivity index (χ0v) is 18.2. The number of piperidine rings is 1. The van der Waals surface area contributed by atoms with Crippen LogP contribution in [0.1, 0.15) is 30.9 Å². The van der Waals surface area contributed by atoms with Crippen LogP contribution in [-0.2, 0) is 22.6 Å². The Balaban J connectivity index is 1.43. The molecule has 2 aliphatic rings. The summed E-state index contributed by atoms with van der Waals surface area (Å²) in [6.45, 7) is 8.98. The van der Waals surface area contributed by atoms with E-state index >= 15 is 0 Å². The highest BCUT2D eigenvalue weighted by atomic mass is 16.6. The van der Waals surface area contributed by atoms with Gasteiger partial charge in [0.15, 0.2) is 5.96 Å². The summed E-state index contributed by atoms with van der Waals surface area (Å²) in [6.07, 6.45) is 1.55. The third kappa shape index (κ3) is 6.88. The molecular formula is C22H35N5O3. The van der Waals surface area contributed by atoms with Gasteiger partial charge in [-0.3, -0.25) is 9.89 Å². The van der Waals surface area contributed by atoms with Crippen LogP contribution < -0.4 is 10.6 Å². The Kier molecular flexibility index (Phi) is 8.77. The third-order valence-corrected chi connectivity index (χ3v) is 5.55. The van der Waals surface area contributed by atoms with E-state index in [2.05, 4.69) is 44.8 Å². The molecule has 0 spiro atoms. The first kappa shape index (κ1) is 22.4. The average Bonchev–Trinajstić information content (AvgIpc) is 2.78. The van der Waals surface area contributed by atoms with Crippen LogP contribution in [0.2, 0.25) is 0 Å². The molecule has 2 aliphatic heterocycles. The first-order valence-electron chi connectivity index (χ1n) is 10.9. The minimum atomic E-state index is -0.213. The van der Waals surface area contributed by atoms with Crippen LogP contribution >= 0.6 is 0 Å². The van der Waals surface area contributed by atoms with Crippen LogP contribution in [0.15, 0.2) is 29.3 Å². The van der Waals surface area contributed by atoms with E-state index in [0.29, 0.717) is 25.7 Å². The van der Waals surface area contributed by atoms with Crippen molar-refractivity contribution in [3.8, 4) is 0 Å². The summed E-state index contributed by atoms with van der Waals surface area (Å²) in [4.78, 5) is 20.4. The van der Waals surface area contributed by atoms with Crippen LogP contribution in [-0.4, -0.2) is 80.9 Å². The lowest BCUT2D eigenvalue weighted by Crippen LogP contribution is -2.49. The number of hydrogen-bond acceptors (Lipinski definition) is 5. The molecule has 2 fully saturated rings. The molecule has 0 bridgehead atoms. The Bertz CT molecular complexity index is 698. The molecule has 0 aliphatic carbocycles. The van der Waals surface area contributed by atoms with E-state index in [9.17, 15) is 4.79 Å². The summed E-state index contributed by atoms with van der Waals surface area (Å²) in [5.41, 5.74) is 2.56. The van der Waals surface area contributed by atoms with Crippen molar-refractivity contribution in [2.45, 2.75) is 38.9 Å². The van der Waals surface area contributed by atoms with E-state index in [1.807, 2.05) is 6.92 Å². The van der Waals surface area contributed by atoms with E-state index in [4.69, 9.17) is 9.47 Å². The number of ether oxygens (including phenoxy) is 2. The molecule has 1 aromatic rings. The number of nitrogens with zero attached hydrogens (tertiary/aromatic N) is 3. The molecule has 2 saturated heterocycles. The van der Waals surface area contributed by atoms with E-state index in [0.717, 1.165) is 58.2 Å². The Morgan fingerprint density at radius 2 is 1.93 bits per heavy atom.